The Labute approximate surface area is 169 Å². The van der Waals surface area contributed by atoms with Crippen molar-refractivity contribution in [3.05, 3.63) is 78.9 Å². The van der Waals surface area contributed by atoms with Crippen molar-refractivity contribution in [3.8, 4) is 0 Å². The zero-order valence-electron chi connectivity index (χ0n) is 15.7. The second-order valence-electron chi connectivity index (χ2n) is 7.06. The summed E-state index contributed by atoms with van der Waals surface area (Å²) in [5.74, 6) is 0.226. The molecule has 0 spiro atoms. The summed E-state index contributed by atoms with van der Waals surface area (Å²) in [4.78, 5) is 5.34. The number of hydrogen-bond donors (Lipinski definition) is 1. The number of nitrogen functional groups attached to an aromatic ring is 1. The van der Waals surface area contributed by atoms with Crippen LogP contribution in [0.5, 0.6) is 0 Å². The van der Waals surface area contributed by atoms with E-state index in [2.05, 4.69) is 29.2 Å². The van der Waals surface area contributed by atoms with Crippen LogP contribution in [0.15, 0.2) is 78.2 Å². The van der Waals surface area contributed by atoms with Gasteiger partial charge in [0.1, 0.15) is 0 Å². The van der Waals surface area contributed by atoms with Gasteiger partial charge in [-0.1, -0.05) is 30.3 Å². The molecule has 0 aliphatic carbocycles. The van der Waals surface area contributed by atoms with E-state index in [-0.39, 0.29) is 6.10 Å². The second kappa shape index (κ2) is 8.82. The molecule has 1 aromatic heterocycles. The number of rotatable bonds is 8. The molecule has 1 aliphatic heterocycles. The van der Waals surface area contributed by atoms with Crippen LogP contribution in [-0.4, -0.2) is 33.8 Å². The monoisotopic (exact) mass is 395 g/mol. The number of aryl methyl sites for hydroxylation is 1. The van der Waals surface area contributed by atoms with Crippen LogP contribution >= 0.6 is 11.8 Å². The van der Waals surface area contributed by atoms with Gasteiger partial charge < -0.3 is 19.8 Å². The molecule has 2 aromatic carbocycles. The summed E-state index contributed by atoms with van der Waals surface area (Å²) in [6.45, 7) is 1.24. The molecule has 4 rings (SSSR count). The minimum Gasteiger partial charge on any atom is -0.399 e. The summed E-state index contributed by atoms with van der Waals surface area (Å²) in [5, 5.41) is 0. The quantitative estimate of drug-likeness (QED) is 0.461. The zero-order valence-corrected chi connectivity index (χ0v) is 16.6. The molecule has 1 aliphatic rings. The second-order valence-corrected chi connectivity index (χ2v) is 8.16. The predicted molar refractivity (Wildman–Crippen MR) is 112 cm³/mol. The molecule has 2 unspecified atom stereocenters. The number of thioether (sulfide) groups is 1. The van der Waals surface area contributed by atoms with Gasteiger partial charge in [-0.3, -0.25) is 0 Å². The van der Waals surface area contributed by atoms with Crippen molar-refractivity contribution in [2.24, 2.45) is 0 Å². The topological polar surface area (TPSA) is 62.3 Å². The maximum absolute atomic E-state index is 6.47. The van der Waals surface area contributed by atoms with E-state index in [1.54, 1.807) is 18.0 Å². The fraction of sp³-hybridized carbons (Fsp3) is 0.318. The Balaban J connectivity index is 1.40. The number of nitrogens with two attached hydrogens (primary N) is 1. The van der Waals surface area contributed by atoms with Crippen molar-refractivity contribution >= 4 is 17.4 Å². The number of imidazole rings is 1. The van der Waals surface area contributed by atoms with Crippen LogP contribution < -0.4 is 5.73 Å². The van der Waals surface area contributed by atoms with Crippen LogP contribution in [0, 0.1) is 0 Å². The third-order valence-electron chi connectivity index (χ3n) is 4.85. The van der Waals surface area contributed by atoms with Crippen molar-refractivity contribution in [2.45, 2.75) is 36.2 Å². The average molecular weight is 396 g/mol. The Morgan fingerprint density at radius 2 is 1.96 bits per heavy atom. The van der Waals surface area contributed by atoms with Crippen LogP contribution in [0.4, 0.5) is 5.69 Å². The summed E-state index contributed by atoms with van der Waals surface area (Å²) >= 11 is 1.77. The first-order chi connectivity index (χ1) is 13.7. The van der Waals surface area contributed by atoms with Gasteiger partial charge in [-0.15, -0.1) is 11.8 Å². The molecular formula is C22H25N3O2S. The van der Waals surface area contributed by atoms with E-state index < -0.39 is 5.79 Å². The summed E-state index contributed by atoms with van der Waals surface area (Å²) in [6, 6.07) is 18.4. The number of anilines is 1. The minimum atomic E-state index is -0.622. The number of aromatic nitrogens is 2. The number of nitrogens with zero attached hydrogens (tertiary/aromatic N) is 2. The lowest BCUT2D eigenvalue weighted by Gasteiger charge is -2.28. The summed E-state index contributed by atoms with van der Waals surface area (Å²) in [6.07, 6.45) is 7.32. The normalized spacial score (nSPS) is 21.8. The molecule has 6 heteroatoms. The van der Waals surface area contributed by atoms with E-state index in [0.717, 1.165) is 24.3 Å². The predicted octanol–water partition coefficient (Wildman–Crippen LogP) is 4.00. The SMILES string of the molecule is Nc1ccc(SCC2COC(CCc3ccccc3)(Cn3ccnc3)O2)cc1. The van der Waals surface area contributed by atoms with Gasteiger partial charge >= 0.3 is 0 Å². The number of benzene rings is 2. The van der Waals surface area contributed by atoms with Crippen molar-refractivity contribution in [2.75, 3.05) is 18.1 Å². The maximum atomic E-state index is 6.47. The largest absolute Gasteiger partial charge is 0.399 e. The molecule has 28 heavy (non-hydrogen) atoms. The van der Waals surface area contributed by atoms with Gasteiger partial charge in [-0.2, -0.15) is 0 Å². The summed E-state index contributed by atoms with van der Waals surface area (Å²) < 4.78 is 14.8. The van der Waals surface area contributed by atoms with E-state index in [9.17, 15) is 0 Å². The van der Waals surface area contributed by atoms with Crippen molar-refractivity contribution in [1.29, 1.82) is 0 Å². The van der Waals surface area contributed by atoms with E-state index in [1.165, 1.54) is 10.5 Å². The molecule has 5 nitrogen and oxygen atoms in total. The van der Waals surface area contributed by atoms with Gasteiger partial charge in [0.2, 0.25) is 0 Å². The Morgan fingerprint density at radius 3 is 2.71 bits per heavy atom. The Hall–Kier alpha value is -2.28. The molecule has 146 valence electrons. The number of hydrogen-bond acceptors (Lipinski definition) is 5. The highest BCUT2D eigenvalue weighted by atomic mass is 32.2. The highest BCUT2D eigenvalue weighted by molar-refractivity contribution is 7.99. The molecule has 0 radical (unpaired) electrons. The summed E-state index contributed by atoms with van der Waals surface area (Å²) in [7, 11) is 0. The Kier molecular flexibility index (Phi) is 6.00. The molecule has 1 fully saturated rings. The fourth-order valence-corrected chi connectivity index (χ4v) is 4.25. The van der Waals surface area contributed by atoms with Crippen LogP contribution in [0.25, 0.3) is 0 Å². The van der Waals surface area contributed by atoms with E-state index in [1.807, 2.05) is 47.4 Å². The van der Waals surface area contributed by atoms with Crippen LogP contribution in [-0.2, 0) is 22.4 Å². The lowest BCUT2D eigenvalue weighted by Crippen LogP contribution is -2.37. The van der Waals surface area contributed by atoms with Crippen LogP contribution in [0.1, 0.15) is 12.0 Å². The minimum absolute atomic E-state index is 0.0573. The molecular weight excluding hydrogens is 370 g/mol. The Morgan fingerprint density at radius 1 is 1.14 bits per heavy atom. The molecule has 0 amide bonds. The van der Waals surface area contributed by atoms with Crippen molar-refractivity contribution < 1.29 is 9.47 Å². The maximum Gasteiger partial charge on any atom is 0.187 e. The van der Waals surface area contributed by atoms with Crippen LogP contribution in [0.3, 0.4) is 0 Å². The smallest absolute Gasteiger partial charge is 0.187 e. The highest BCUT2D eigenvalue weighted by Gasteiger charge is 2.41. The van der Waals surface area contributed by atoms with E-state index in [0.29, 0.717) is 13.2 Å². The van der Waals surface area contributed by atoms with Gasteiger partial charge in [-0.05, 0) is 36.2 Å². The number of ether oxygens (including phenoxy) is 2. The first-order valence-corrected chi connectivity index (χ1v) is 10.5. The lowest BCUT2D eigenvalue weighted by atomic mass is 10.0. The molecule has 0 bridgehead atoms. The van der Waals surface area contributed by atoms with E-state index in [4.69, 9.17) is 15.2 Å². The molecule has 2 heterocycles. The van der Waals surface area contributed by atoms with E-state index >= 15 is 0 Å². The van der Waals surface area contributed by atoms with Crippen molar-refractivity contribution in [3.63, 3.8) is 0 Å². The molecule has 2 atom stereocenters. The van der Waals surface area contributed by atoms with Gasteiger partial charge in [0, 0.05) is 35.2 Å². The first-order valence-electron chi connectivity index (χ1n) is 9.51. The molecule has 0 saturated carbocycles. The highest BCUT2D eigenvalue weighted by Crippen LogP contribution is 2.33. The lowest BCUT2D eigenvalue weighted by molar-refractivity contribution is -0.180. The third-order valence-corrected chi connectivity index (χ3v) is 5.99. The molecule has 2 N–H and O–H groups in total. The van der Waals surface area contributed by atoms with Gasteiger partial charge in [0.15, 0.2) is 5.79 Å². The third kappa shape index (κ3) is 4.95. The Bertz CT molecular complexity index is 855. The van der Waals surface area contributed by atoms with Gasteiger partial charge in [-0.25, -0.2) is 4.98 Å². The summed E-state index contributed by atoms with van der Waals surface area (Å²) in [5.41, 5.74) is 7.84. The molecule has 1 saturated heterocycles. The molecule has 3 aromatic rings. The zero-order chi connectivity index (χ0) is 19.2. The van der Waals surface area contributed by atoms with Gasteiger partial charge in [0.05, 0.1) is 25.6 Å². The fourth-order valence-electron chi connectivity index (χ4n) is 3.38. The first kappa shape index (κ1) is 19.1. The standard InChI is InChI=1S/C22H25N3O2S/c23-19-6-8-21(9-7-19)28-15-20-14-26-22(27-20,16-25-13-12-24-17-25)11-10-18-4-2-1-3-5-18/h1-9,12-13,17,20H,10-11,14-16,23H2. The van der Waals surface area contributed by atoms with Gasteiger partial charge in [0.25, 0.3) is 0 Å². The average Bonchev–Trinajstić information content (AvgIpc) is 3.38. The van der Waals surface area contributed by atoms with Crippen molar-refractivity contribution in [1.82, 2.24) is 9.55 Å². The van der Waals surface area contributed by atoms with Crippen LogP contribution in [0.2, 0.25) is 0 Å².